The number of halogens is 1. The molecule has 2 atom stereocenters. The highest BCUT2D eigenvalue weighted by Crippen LogP contribution is 2.59. The molecule has 1 aliphatic carbocycles. The third kappa shape index (κ3) is 3.73. The summed E-state index contributed by atoms with van der Waals surface area (Å²) in [6.07, 6.45) is 4.99. The predicted octanol–water partition coefficient (Wildman–Crippen LogP) is 3.80. The van der Waals surface area contributed by atoms with E-state index in [0.29, 0.717) is 11.4 Å². The molecule has 3 nitrogen and oxygen atoms in total. The van der Waals surface area contributed by atoms with Crippen LogP contribution in [0.25, 0.3) is 0 Å². The van der Waals surface area contributed by atoms with E-state index < -0.39 is 0 Å². The lowest BCUT2D eigenvalue weighted by atomic mass is 10.1. The Bertz CT molecular complexity index is 546. The van der Waals surface area contributed by atoms with E-state index in [9.17, 15) is 9.59 Å². The van der Waals surface area contributed by atoms with Gasteiger partial charge in [-0.3, -0.25) is 4.79 Å². The second kappa shape index (κ2) is 6.44. The summed E-state index contributed by atoms with van der Waals surface area (Å²) in [5, 5.41) is 0.661. The average Bonchev–Trinajstić information content (AvgIpc) is 3.00. The Labute approximate surface area is 129 Å². The lowest BCUT2D eigenvalue weighted by Crippen LogP contribution is -2.10. The fourth-order valence-corrected chi connectivity index (χ4v) is 2.72. The molecule has 0 bridgehead atoms. The first kappa shape index (κ1) is 15.8. The molecule has 0 spiro atoms. The van der Waals surface area contributed by atoms with Gasteiger partial charge in [0.2, 0.25) is 0 Å². The van der Waals surface area contributed by atoms with Crippen molar-refractivity contribution in [2.75, 3.05) is 0 Å². The zero-order valence-electron chi connectivity index (χ0n) is 12.2. The Morgan fingerprint density at radius 2 is 2.00 bits per heavy atom. The van der Waals surface area contributed by atoms with Crippen LogP contribution in [-0.2, 0) is 20.9 Å². The minimum Gasteiger partial charge on any atom is -0.461 e. The molecule has 0 amide bonds. The number of hydrogen-bond acceptors (Lipinski definition) is 3. The minimum atomic E-state index is -0.185. The summed E-state index contributed by atoms with van der Waals surface area (Å²) >= 11 is 5.81. The van der Waals surface area contributed by atoms with Crippen LogP contribution in [0.3, 0.4) is 0 Å². The van der Waals surface area contributed by atoms with Crippen molar-refractivity contribution in [3.05, 3.63) is 47.0 Å². The van der Waals surface area contributed by atoms with Gasteiger partial charge in [-0.05, 0) is 29.0 Å². The molecule has 0 radical (unpaired) electrons. The van der Waals surface area contributed by atoms with E-state index in [1.165, 1.54) is 0 Å². The Morgan fingerprint density at radius 1 is 1.33 bits per heavy atom. The number of carbonyl (C=O) groups excluding carboxylic acids is 2. The van der Waals surface area contributed by atoms with Gasteiger partial charge in [-0.2, -0.15) is 0 Å². The van der Waals surface area contributed by atoms with Gasteiger partial charge < -0.3 is 9.53 Å². The van der Waals surface area contributed by atoms with Crippen LogP contribution in [0.1, 0.15) is 25.8 Å². The van der Waals surface area contributed by atoms with E-state index >= 15 is 0 Å². The highest BCUT2D eigenvalue weighted by atomic mass is 35.5. The third-order valence-electron chi connectivity index (χ3n) is 4.03. The normalized spacial score (nSPS) is 23.0. The standard InChI is InChI=1S/C17H19ClO3/c1-17(2)14(5-3-4-10-19)15(17)16(20)21-11-12-6-8-13(18)9-7-12/h3,5-10,14-15H,4,11H2,1-2H3. The molecule has 4 heteroatoms. The highest BCUT2D eigenvalue weighted by Gasteiger charge is 2.61. The number of hydrogen-bond donors (Lipinski definition) is 0. The van der Waals surface area contributed by atoms with Gasteiger partial charge in [-0.25, -0.2) is 0 Å². The van der Waals surface area contributed by atoms with Crippen molar-refractivity contribution < 1.29 is 14.3 Å². The van der Waals surface area contributed by atoms with Gasteiger partial charge in [0.25, 0.3) is 0 Å². The summed E-state index contributed by atoms with van der Waals surface area (Å²) < 4.78 is 5.38. The maximum atomic E-state index is 12.2. The van der Waals surface area contributed by atoms with Crippen molar-refractivity contribution in [2.45, 2.75) is 26.9 Å². The van der Waals surface area contributed by atoms with Crippen LogP contribution in [0.2, 0.25) is 5.02 Å². The second-order valence-electron chi connectivity index (χ2n) is 5.89. The third-order valence-corrected chi connectivity index (χ3v) is 4.29. The summed E-state index contributed by atoms with van der Waals surface area (Å²) in [7, 11) is 0. The number of allylic oxidation sites excluding steroid dienone is 2. The highest BCUT2D eigenvalue weighted by molar-refractivity contribution is 6.30. The Kier molecular flexibility index (Phi) is 4.84. The summed E-state index contributed by atoms with van der Waals surface area (Å²) in [6, 6.07) is 7.23. The van der Waals surface area contributed by atoms with E-state index in [1.807, 2.05) is 38.1 Å². The van der Waals surface area contributed by atoms with Crippen LogP contribution in [-0.4, -0.2) is 12.3 Å². The number of rotatable bonds is 6. The number of esters is 1. The Balaban J connectivity index is 1.89. The van der Waals surface area contributed by atoms with Gasteiger partial charge in [-0.15, -0.1) is 0 Å². The van der Waals surface area contributed by atoms with Crippen LogP contribution < -0.4 is 0 Å². The fourth-order valence-electron chi connectivity index (χ4n) is 2.59. The molecule has 0 saturated heterocycles. The summed E-state index contributed by atoms with van der Waals surface area (Å²) in [6.45, 7) is 4.33. The quantitative estimate of drug-likeness (QED) is 0.456. The van der Waals surface area contributed by atoms with Crippen molar-refractivity contribution >= 4 is 23.9 Å². The van der Waals surface area contributed by atoms with Crippen LogP contribution in [0, 0.1) is 17.3 Å². The number of ether oxygens (including phenoxy) is 1. The van der Waals surface area contributed by atoms with Crippen molar-refractivity contribution in [2.24, 2.45) is 17.3 Å². The van der Waals surface area contributed by atoms with Crippen LogP contribution in [0.5, 0.6) is 0 Å². The molecule has 112 valence electrons. The molecule has 1 saturated carbocycles. The second-order valence-corrected chi connectivity index (χ2v) is 6.33. The monoisotopic (exact) mass is 306 g/mol. The molecule has 0 aliphatic heterocycles. The van der Waals surface area contributed by atoms with E-state index in [-0.39, 0.29) is 29.8 Å². The van der Waals surface area contributed by atoms with Gasteiger partial charge in [0.1, 0.15) is 12.9 Å². The average molecular weight is 307 g/mol. The number of aldehydes is 1. The molecule has 0 aromatic heterocycles. The molecule has 21 heavy (non-hydrogen) atoms. The minimum absolute atomic E-state index is 0.101. The molecule has 2 unspecified atom stereocenters. The lowest BCUT2D eigenvalue weighted by molar-refractivity contribution is -0.147. The van der Waals surface area contributed by atoms with Gasteiger partial charge in [-0.1, -0.05) is 49.7 Å². The largest absolute Gasteiger partial charge is 0.461 e. The molecule has 1 aliphatic rings. The topological polar surface area (TPSA) is 43.4 Å². The van der Waals surface area contributed by atoms with Crippen LogP contribution >= 0.6 is 11.6 Å². The smallest absolute Gasteiger partial charge is 0.310 e. The van der Waals surface area contributed by atoms with Crippen molar-refractivity contribution in [1.82, 2.24) is 0 Å². The van der Waals surface area contributed by atoms with E-state index in [4.69, 9.17) is 16.3 Å². The summed E-state index contributed by atoms with van der Waals surface area (Å²) in [5.74, 6) is -0.168. The van der Waals surface area contributed by atoms with E-state index in [0.717, 1.165) is 11.8 Å². The van der Waals surface area contributed by atoms with Gasteiger partial charge in [0.05, 0.1) is 5.92 Å². The predicted molar refractivity (Wildman–Crippen MR) is 81.8 cm³/mol. The molecule has 0 heterocycles. The number of carbonyl (C=O) groups is 2. The van der Waals surface area contributed by atoms with Crippen LogP contribution in [0.15, 0.2) is 36.4 Å². The first-order chi connectivity index (χ1) is 9.96. The van der Waals surface area contributed by atoms with E-state index in [1.54, 1.807) is 12.1 Å². The molecular weight excluding hydrogens is 288 g/mol. The Morgan fingerprint density at radius 3 is 2.62 bits per heavy atom. The molecule has 1 aromatic rings. The van der Waals surface area contributed by atoms with E-state index in [2.05, 4.69) is 0 Å². The van der Waals surface area contributed by atoms with Crippen LogP contribution in [0.4, 0.5) is 0 Å². The molecule has 1 aromatic carbocycles. The molecular formula is C17H19ClO3. The maximum Gasteiger partial charge on any atom is 0.310 e. The Hall–Kier alpha value is -1.61. The first-order valence-electron chi connectivity index (χ1n) is 6.98. The van der Waals surface area contributed by atoms with Gasteiger partial charge in [0, 0.05) is 11.4 Å². The first-order valence-corrected chi connectivity index (χ1v) is 7.36. The zero-order valence-corrected chi connectivity index (χ0v) is 13.0. The van der Waals surface area contributed by atoms with Crippen molar-refractivity contribution in [3.8, 4) is 0 Å². The van der Waals surface area contributed by atoms with Gasteiger partial charge in [0.15, 0.2) is 0 Å². The molecule has 0 N–H and O–H groups in total. The number of benzene rings is 1. The zero-order chi connectivity index (χ0) is 15.5. The lowest BCUT2D eigenvalue weighted by Gasteiger charge is -2.06. The molecule has 1 fully saturated rings. The maximum absolute atomic E-state index is 12.2. The van der Waals surface area contributed by atoms with Gasteiger partial charge >= 0.3 is 5.97 Å². The summed E-state index contributed by atoms with van der Waals surface area (Å²) in [4.78, 5) is 22.5. The fraction of sp³-hybridized carbons (Fsp3) is 0.412. The summed E-state index contributed by atoms with van der Waals surface area (Å²) in [5.41, 5.74) is 0.815. The van der Waals surface area contributed by atoms with Crippen molar-refractivity contribution in [3.63, 3.8) is 0 Å². The SMILES string of the molecule is CC1(C)C(C=CCC=O)C1C(=O)OCc1ccc(Cl)cc1. The molecule has 2 rings (SSSR count). The van der Waals surface area contributed by atoms with Crippen molar-refractivity contribution in [1.29, 1.82) is 0 Å².